The first-order valence-electron chi connectivity index (χ1n) is 21.6. The van der Waals surface area contributed by atoms with E-state index in [4.69, 9.17) is 61.7 Å². The monoisotopic (exact) mass is 963 g/mol. The number of amides is 1. The molecule has 67 heavy (non-hydrogen) atoms. The number of rotatable bonds is 33. The fourth-order valence-electron chi connectivity index (χ4n) is 6.04. The minimum Gasteiger partial charge on any atom is -0.463 e. The lowest BCUT2D eigenvalue weighted by Crippen LogP contribution is -2.35. The second kappa shape index (κ2) is 30.5. The molecule has 0 unspecified atom stereocenters. The van der Waals surface area contributed by atoms with E-state index in [9.17, 15) is 14.4 Å². The zero-order valence-electron chi connectivity index (χ0n) is 37.9. The highest BCUT2D eigenvalue weighted by molar-refractivity contribution is 8.04. The Morgan fingerprint density at radius 2 is 1.07 bits per heavy atom. The summed E-state index contributed by atoms with van der Waals surface area (Å²) in [6, 6.07) is 16.0. The molecule has 0 atom stereocenters. The van der Waals surface area contributed by atoms with Gasteiger partial charge in [0.2, 0.25) is 17.3 Å². The number of carbonyl (C=O) groups is 3. The molecule has 0 N–H and O–H groups in total. The van der Waals surface area contributed by atoms with Crippen molar-refractivity contribution in [3.05, 3.63) is 130 Å². The number of fused-ring (bicyclic) bond motifs is 2. The van der Waals surface area contributed by atoms with Crippen molar-refractivity contribution in [2.75, 3.05) is 88.8 Å². The van der Waals surface area contributed by atoms with E-state index in [0.717, 1.165) is 76.1 Å². The number of benzene rings is 2. The van der Waals surface area contributed by atoms with E-state index >= 15 is 0 Å². The molecule has 360 valence electrons. The van der Waals surface area contributed by atoms with Crippen molar-refractivity contribution >= 4 is 52.7 Å². The van der Waals surface area contributed by atoms with Crippen molar-refractivity contribution in [1.82, 2.24) is 4.90 Å². The molecule has 20 heteroatoms. The van der Waals surface area contributed by atoms with Crippen LogP contribution in [-0.4, -0.2) is 102 Å². The van der Waals surface area contributed by atoms with E-state index in [1.165, 1.54) is 28.4 Å². The fraction of sp³-hybridized carbons (Fsp3) is 0.426. The highest BCUT2D eigenvalue weighted by Gasteiger charge is 2.29. The lowest BCUT2D eigenvalue weighted by atomic mass is 10.2. The first-order chi connectivity index (χ1) is 32.6. The second-order valence-electron chi connectivity index (χ2n) is 14.3. The van der Waals surface area contributed by atoms with Gasteiger partial charge in [0.15, 0.2) is 0 Å². The summed E-state index contributed by atoms with van der Waals surface area (Å²) in [7, 11) is 0. The smallest absolute Gasteiger partial charge is 0.313 e. The van der Waals surface area contributed by atoms with Crippen molar-refractivity contribution in [3.63, 3.8) is 0 Å². The number of hydrogen-bond acceptors (Lipinski definition) is 17. The Morgan fingerprint density at radius 1 is 0.642 bits per heavy atom. The van der Waals surface area contributed by atoms with Gasteiger partial charge in [0.1, 0.15) is 77.2 Å². The van der Waals surface area contributed by atoms with Gasteiger partial charge in [-0.25, -0.2) is 29.2 Å². The Balaban J connectivity index is 1.02. The molecule has 0 aliphatic carbocycles. The van der Waals surface area contributed by atoms with Crippen LogP contribution in [0.25, 0.3) is 9.69 Å². The molecule has 0 saturated carbocycles. The van der Waals surface area contributed by atoms with Crippen molar-refractivity contribution < 1.29 is 63.0 Å². The molecule has 0 bridgehead atoms. The SMILES string of the molecule is [C-]#[N+]/C(COOCCOC(=O)CC(=C)OOCCN(CCOOC(=C)CC(=O)OCCOOC/C([N+]#[C-])=C1\Sc2ccccc2N1CCCC)C(=O)C=C)=C1\Sc2ccccc2N1CCCC. The predicted octanol–water partition coefficient (Wildman–Crippen LogP) is 8.69. The third-order valence-electron chi connectivity index (χ3n) is 9.28. The van der Waals surface area contributed by atoms with Gasteiger partial charge in [-0.05, 0) is 43.2 Å². The van der Waals surface area contributed by atoms with Crippen LogP contribution >= 0.6 is 23.5 Å². The Kier molecular flexibility index (Phi) is 24.5. The van der Waals surface area contributed by atoms with Gasteiger partial charge in [0.25, 0.3) is 0 Å². The van der Waals surface area contributed by atoms with Gasteiger partial charge in [0.05, 0.1) is 34.6 Å². The van der Waals surface area contributed by atoms with Crippen LogP contribution in [0.4, 0.5) is 11.4 Å². The number of nitrogens with zero attached hydrogens (tertiary/aromatic N) is 5. The maximum absolute atomic E-state index is 12.4. The average molecular weight is 964 g/mol. The van der Waals surface area contributed by atoms with E-state index in [0.29, 0.717) is 11.4 Å². The first kappa shape index (κ1) is 53.8. The number of thioether (sulfide) groups is 2. The summed E-state index contributed by atoms with van der Waals surface area (Å²) in [4.78, 5) is 93.3. The van der Waals surface area contributed by atoms with Gasteiger partial charge in [-0.1, -0.05) is 94.2 Å². The molecule has 2 aliphatic rings. The third-order valence-corrected chi connectivity index (χ3v) is 11.7. The predicted molar refractivity (Wildman–Crippen MR) is 250 cm³/mol. The highest BCUT2D eigenvalue weighted by atomic mass is 32.2. The average Bonchev–Trinajstić information content (AvgIpc) is 3.89. The van der Waals surface area contributed by atoms with Crippen LogP contribution in [0.2, 0.25) is 0 Å². The van der Waals surface area contributed by atoms with E-state index in [-0.39, 0.29) is 90.3 Å². The molecule has 2 heterocycles. The summed E-state index contributed by atoms with van der Waals surface area (Å²) in [5.74, 6) is -1.78. The molecule has 2 aliphatic heterocycles. The molecule has 0 radical (unpaired) electrons. The number of anilines is 2. The van der Waals surface area contributed by atoms with Crippen LogP contribution in [0, 0.1) is 13.1 Å². The Bertz CT molecular complexity index is 2010. The zero-order valence-corrected chi connectivity index (χ0v) is 39.5. The van der Waals surface area contributed by atoms with Crippen LogP contribution in [0.15, 0.2) is 117 Å². The molecule has 2 aromatic carbocycles. The van der Waals surface area contributed by atoms with Gasteiger partial charge in [-0.15, -0.1) is 0 Å². The zero-order chi connectivity index (χ0) is 48.2. The van der Waals surface area contributed by atoms with Crippen molar-refractivity contribution in [3.8, 4) is 0 Å². The largest absolute Gasteiger partial charge is 0.463 e. The summed E-state index contributed by atoms with van der Waals surface area (Å²) in [6.07, 6.45) is 4.48. The van der Waals surface area contributed by atoms with Gasteiger partial charge < -0.3 is 33.9 Å². The molecule has 4 rings (SSSR count). The highest BCUT2D eigenvalue weighted by Crippen LogP contribution is 2.48. The van der Waals surface area contributed by atoms with Crippen LogP contribution in [0.5, 0.6) is 0 Å². The molecule has 0 saturated heterocycles. The number of esters is 2. The Labute approximate surface area is 400 Å². The molecule has 1 amide bonds. The molecule has 2 aromatic rings. The van der Waals surface area contributed by atoms with Crippen LogP contribution in [-0.2, 0) is 63.0 Å². The summed E-state index contributed by atoms with van der Waals surface area (Å²) in [5, 5.41) is 1.63. The fourth-order valence-corrected chi connectivity index (χ4v) is 8.36. The first-order valence-corrected chi connectivity index (χ1v) is 23.2. The number of hydrogen-bond donors (Lipinski definition) is 0. The van der Waals surface area contributed by atoms with E-state index in [1.807, 2.05) is 48.5 Å². The molecular weight excluding hydrogens is 907 g/mol. The quantitative estimate of drug-likeness (QED) is 0.0127. The van der Waals surface area contributed by atoms with E-state index in [2.05, 4.69) is 53.1 Å². The summed E-state index contributed by atoms with van der Waals surface area (Å²) >= 11 is 3.05. The van der Waals surface area contributed by atoms with Crippen LogP contribution in [0.3, 0.4) is 0 Å². The normalized spacial score (nSPS) is 14.0. The van der Waals surface area contributed by atoms with Gasteiger partial charge in [0, 0.05) is 36.0 Å². The lowest BCUT2D eigenvalue weighted by molar-refractivity contribution is -0.291. The standard InChI is InChI=1S/C47H57N5O13S2/c1-8-11-21-51-39-17-13-15-19-41(39)66-46(51)37(48-6)33-62-58-29-27-56-44(54)31-35(4)64-60-25-23-50(43(53)10-3)24-26-61-65-36(5)32-45(55)57-28-30-59-63-34-38(49-7)47-52(22-12-9-2)40-18-14-16-20-42(40)67-47/h10,13-20H,3-5,8-9,11-12,21-34H2,1-2H3/b46-37-,47-38+. The molecular formula is C47H57N5O13S2. The van der Waals surface area contributed by atoms with Crippen molar-refractivity contribution in [2.24, 2.45) is 0 Å². The van der Waals surface area contributed by atoms with Gasteiger partial charge in [-0.3, -0.25) is 14.4 Å². The minimum absolute atomic E-state index is 0.0301. The third kappa shape index (κ3) is 18.1. The maximum atomic E-state index is 12.4. The summed E-state index contributed by atoms with van der Waals surface area (Å²) < 4.78 is 10.3. The number of carbonyl (C=O) groups excluding carboxylic acids is 3. The lowest BCUT2D eigenvalue weighted by Gasteiger charge is -2.21. The Morgan fingerprint density at radius 3 is 1.48 bits per heavy atom. The molecule has 0 spiro atoms. The number of para-hydroxylation sites is 2. The second-order valence-corrected chi connectivity index (χ2v) is 16.3. The van der Waals surface area contributed by atoms with Crippen molar-refractivity contribution in [2.45, 2.75) is 62.2 Å². The van der Waals surface area contributed by atoms with E-state index < -0.39 is 17.8 Å². The topological polar surface area (TPSA) is 162 Å². The molecule has 0 aromatic heterocycles. The van der Waals surface area contributed by atoms with Crippen molar-refractivity contribution in [1.29, 1.82) is 0 Å². The number of ether oxygens (including phenoxy) is 2. The van der Waals surface area contributed by atoms with Gasteiger partial charge in [-0.2, -0.15) is 9.78 Å². The van der Waals surface area contributed by atoms with Gasteiger partial charge >= 0.3 is 11.9 Å². The summed E-state index contributed by atoms with van der Waals surface area (Å²) in [5.41, 5.74) is 2.95. The molecule has 18 nitrogen and oxygen atoms in total. The Hall–Kier alpha value is -5.81. The van der Waals surface area contributed by atoms with E-state index in [1.54, 1.807) is 0 Å². The maximum Gasteiger partial charge on any atom is 0.313 e. The minimum atomic E-state index is -0.650. The van der Waals surface area contributed by atoms with Crippen LogP contribution < -0.4 is 9.80 Å². The van der Waals surface area contributed by atoms with Crippen LogP contribution in [0.1, 0.15) is 52.4 Å². The number of unbranched alkanes of at least 4 members (excludes halogenated alkanes) is 2. The molecule has 0 fully saturated rings. The summed E-state index contributed by atoms with van der Waals surface area (Å²) in [6.45, 7) is 31.4.